The molecule has 12 heteroatoms. The first-order valence-electron chi connectivity index (χ1n) is 12.6. The Kier molecular flexibility index (Phi) is 7.01. The minimum Gasteiger partial charge on any atom is -0.389 e. The Bertz CT molecular complexity index is 1370. The van der Waals surface area contributed by atoms with Crippen LogP contribution in [0.25, 0.3) is 0 Å². The number of β-amino-alcohol motifs (C(OH)–C–C–N with tert-alkyl or cyclic N) is 1. The van der Waals surface area contributed by atoms with Crippen molar-refractivity contribution >= 4 is 34.6 Å². The zero-order valence-electron chi connectivity index (χ0n) is 20.8. The van der Waals surface area contributed by atoms with Crippen molar-refractivity contribution in [3.05, 3.63) is 58.7 Å². The standard InChI is InChI=1S/C27H25F5N4O2S/c28-20-11-18(7-5-16(20)3-1-4-22(38)34-13-19(37)14-34)36-25(39)35(15-26(36)9-2-10-26)21-8-6-17(12-33)23(24(21)29)27(30,31)32/h5-8,11,19,37H,1-4,9-10,13-15H2. The molecule has 1 saturated carbocycles. The van der Waals surface area contributed by atoms with Gasteiger partial charge in [-0.3, -0.25) is 4.79 Å². The molecule has 6 nitrogen and oxygen atoms in total. The fourth-order valence-corrected chi connectivity index (χ4v) is 6.03. The van der Waals surface area contributed by atoms with Crippen LogP contribution >= 0.6 is 12.2 Å². The number of carbonyl (C=O) groups is 1. The monoisotopic (exact) mass is 564 g/mol. The van der Waals surface area contributed by atoms with E-state index < -0.39 is 40.6 Å². The second kappa shape index (κ2) is 10.0. The van der Waals surface area contributed by atoms with Crippen molar-refractivity contribution in [1.82, 2.24) is 4.90 Å². The Labute approximate surface area is 227 Å². The highest BCUT2D eigenvalue weighted by molar-refractivity contribution is 7.80. The van der Waals surface area contributed by atoms with E-state index >= 15 is 8.78 Å². The summed E-state index contributed by atoms with van der Waals surface area (Å²) in [5, 5.41) is 18.5. The number of aliphatic hydroxyl groups excluding tert-OH is 1. The van der Waals surface area contributed by atoms with Crippen molar-refractivity contribution in [2.24, 2.45) is 0 Å². The number of aryl methyl sites for hydroxylation is 1. The number of alkyl halides is 3. The average Bonchev–Trinajstić information content (AvgIpc) is 3.15. The molecule has 0 unspecified atom stereocenters. The lowest BCUT2D eigenvalue weighted by Crippen LogP contribution is -2.53. The van der Waals surface area contributed by atoms with Gasteiger partial charge in [-0.2, -0.15) is 18.4 Å². The summed E-state index contributed by atoms with van der Waals surface area (Å²) >= 11 is 5.61. The predicted octanol–water partition coefficient (Wildman–Crippen LogP) is 4.92. The van der Waals surface area contributed by atoms with Gasteiger partial charge in [0.1, 0.15) is 11.4 Å². The van der Waals surface area contributed by atoms with Crippen LogP contribution in [0.15, 0.2) is 30.3 Å². The Morgan fingerprint density at radius 3 is 2.46 bits per heavy atom. The summed E-state index contributed by atoms with van der Waals surface area (Å²) in [5.41, 5.74) is -2.61. The summed E-state index contributed by atoms with van der Waals surface area (Å²) in [4.78, 5) is 16.6. The van der Waals surface area contributed by atoms with Crippen LogP contribution in [0.4, 0.5) is 33.3 Å². The van der Waals surface area contributed by atoms with E-state index in [0.717, 1.165) is 18.6 Å². The fourth-order valence-electron chi connectivity index (χ4n) is 5.56. The van der Waals surface area contributed by atoms with Gasteiger partial charge in [-0.25, -0.2) is 8.78 Å². The highest BCUT2D eigenvalue weighted by Gasteiger charge is 2.53. The summed E-state index contributed by atoms with van der Waals surface area (Å²) in [5.74, 6) is -2.15. The zero-order valence-corrected chi connectivity index (χ0v) is 21.6. The van der Waals surface area contributed by atoms with Crippen molar-refractivity contribution in [3.8, 4) is 6.07 Å². The molecule has 1 N–H and O–H groups in total. The molecule has 1 amide bonds. The Morgan fingerprint density at radius 2 is 1.90 bits per heavy atom. The molecular formula is C27H25F5N4O2S. The number of aliphatic hydroxyl groups is 1. The fraction of sp³-hybridized carbons (Fsp3) is 0.444. The van der Waals surface area contributed by atoms with E-state index in [0.29, 0.717) is 50.0 Å². The van der Waals surface area contributed by atoms with Gasteiger partial charge in [-0.05, 0) is 74.2 Å². The first kappa shape index (κ1) is 27.3. The van der Waals surface area contributed by atoms with Crippen LogP contribution < -0.4 is 9.80 Å². The molecule has 2 saturated heterocycles. The smallest absolute Gasteiger partial charge is 0.389 e. The molecule has 1 spiro atoms. The van der Waals surface area contributed by atoms with Gasteiger partial charge in [-0.15, -0.1) is 0 Å². The third-order valence-electron chi connectivity index (χ3n) is 7.80. The second-order valence-electron chi connectivity index (χ2n) is 10.3. The van der Waals surface area contributed by atoms with Crippen molar-refractivity contribution in [3.63, 3.8) is 0 Å². The molecular weight excluding hydrogens is 539 g/mol. The van der Waals surface area contributed by atoms with Gasteiger partial charge in [0, 0.05) is 31.7 Å². The number of amides is 1. The molecule has 0 aromatic heterocycles. The molecule has 5 rings (SSSR count). The Balaban J connectivity index is 1.37. The van der Waals surface area contributed by atoms with Gasteiger partial charge in [0.05, 0.1) is 29.0 Å². The molecule has 2 aromatic rings. The molecule has 39 heavy (non-hydrogen) atoms. The SMILES string of the molecule is N#Cc1ccc(N2CC3(CCC3)N(c3ccc(CCCC(=O)N4CC(O)C4)c(F)c3)C2=S)c(F)c1C(F)(F)F. The molecule has 1 aliphatic carbocycles. The lowest BCUT2D eigenvalue weighted by molar-refractivity contribution is -0.141. The van der Waals surface area contributed by atoms with E-state index in [1.807, 2.05) is 0 Å². The van der Waals surface area contributed by atoms with Crippen molar-refractivity contribution < 1.29 is 31.9 Å². The van der Waals surface area contributed by atoms with E-state index in [4.69, 9.17) is 17.5 Å². The molecule has 0 bridgehead atoms. The van der Waals surface area contributed by atoms with Crippen molar-refractivity contribution in [2.75, 3.05) is 29.4 Å². The summed E-state index contributed by atoms with van der Waals surface area (Å²) in [6.45, 7) is 0.767. The molecule has 0 radical (unpaired) electrons. The molecule has 206 valence electrons. The van der Waals surface area contributed by atoms with Crippen LogP contribution in [0.1, 0.15) is 48.8 Å². The first-order chi connectivity index (χ1) is 18.4. The number of anilines is 2. The lowest BCUT2D eigenvalue weighted by Gasteiger charge is -2.45. The molecule has 2 aliphatic heterocycles. The third-order valence-corrected chi connectivity index (χ3v) is 8.20. The molecule has 2 heterocycles. The van der Waals surface area contributed by atoms with Gasteiger partial charge in [0.15, 0.2) is 10.9 Å². The maximum Gasteiger partial charge on any atom is 0.420 e. The summed E-state index contributed by atoms with van der Waals surface area (Å²) < 4.78 is 71.2. The van der Waals surface area contributed by atoms with Crippen LogP contribution in [-0.4, -0.2) is 52.3 Å². The number of halogens is 5. The van der Waals surface area contributed by atoms with Crippen LogP contribution in [0.3, 0.4) is 0 Å². The van der Waals surface area contributed by atoms with Crippen molar-refractivity contribution in [2.45, 2.75) is 56.3 Å². The Hall–Kier alpha value is -3.30. The normalized spacial score (nSPS) is 18.8. The summed E-state index contributed by atoms with van der Waals surface area (Å²) in [7, 11) is 0. The molecule has 0 atom stereocenters. The number of hydrogen-bond acceptors (Lipinski definition) is 4. The predicted molar refractivity (Wildman–Crippen MR) is 137 cm³/mol. The van der Waals surface area contributed by atoms with Crippen LogP contribution in [0.5, 0.6) is 0 Å². The van der Waals surface area contributed by atoms with E-state index in [2.05, 4.69) is 0 Å². The minimum absolute atomic E-state index is 0.0564. The van der Waals surface area contributed by atoms with Gasteiger partial charge < -0.3 is 19.8 Å². The second-order valence-corrected chi connectivity index (χ2v) is 10.7. The molecule has 3 aliphatic rings. The maximum absolute atomic E-state index is 15.2. The van der Waals surface area contributed by atoms with Gasteiger partial charge >= 0.3 is 6.18 Å². The van der Waals surface area contributed by atoms with E-state index in [9.17, 15) is 23.1 Å². The highest BCUT2D eigenvalue weighted by atomic mass is 32.1. The quantitative estimate of drug-likeness (QED) is 0.397. The average molecular weight is 565 g/mol. The topological polar surface area (TPSA) is 70.8 Å². The van der Waals surface area contributed by atoms with E-state index in [1.165, 1.54) is 17.0 Å². The van der Waals surface area contributed by atoms with Gasteiger partial charge in [-0.1, -0.05) is 6.07 Å². The number of benzene rings is 2. The van der Waals surface area contributed by atoms with E-state index in [-0.39, 0.29) is 29.7 Å². The van der Waals surface area contributed by atoms with Crippen LogP contribution in [-0.2, 0) is 17.4 Å². The number of thiocarbonyl (C=S) groups is 1. The Morgan fingerprint density at radius 1 is 1.18 bits per heavy atom. The lowest BCUT2D eigenvalue weighted by atomic mass is 9.76. The maximum atomic E-state index is 15.2. The third kappa shape index (κ3) is 4.82. The first-order valence-corrected chi connectivity index (χ1v) is 13.0. The summed E-state index contributed by atoms with van der Waals surface area (Å²) in [6, 6.07) is 8.05. The number of nitrogens with zero attached hydrogens (tertiary/aromatic N) is 4. The van der Waals surface area contributed by atoms with E-state index in [1.54, 1.807) is 21.9 Å². The number of likely N-dealkylation sites (tertiary alicyclic amines) is 1. The minimum atomic E-state index is -5.07. The largest absolute Gasteiger partial charge is 0.420 e. The number of rotatable bonds is 6. The number of hydrogen-bond donors (Lipinski definition) is 1. The number of carbonyl (C=O) groups excluding carboxylic acids is 1. The summed E-state index contributed by atoms with van der Waals surface area (Å²) in [6.07, 6.45) is -2.44. The van der Waals surface area contributed by atoms with Gasteiger partial charge in [0.2, 0.25) is 5.91 Å². The zero-order chi connectivity index (χ0) is 28.1. The van der Waals surface area contributed by atoms with Crippen LogP contribution in [0.2, 0.25) is 0 Å². The molecule has 2 aromatic carbocycles. The number of nitriles is 1. The van der Waals surface area contributed by atoms with Crippen molar-refractivity contribution in [1.29, 1.82) is 5.26 Å². The molecule has 3 fully saturated rings. The van der Waals surface area contributed by atoms with Crippen LogP contribution in [0, 0.1) is 23.0 Å². The highest BCUT2D eigenvalue weighted by Crippen LogP contribution is 2.48. The van der Waals surface area contributed by atoms with Gasteiger partial charge in [0.25, 0.3) is 0 Å².